The Morgan fingerprint density at radius 1 is 1.38 bits per heavy atom. The van der Waals surface area contributed by atoms with Crippen LogP contribution in [-0.4, -0.2) is 61.9 Å². The monoisotopic (exact) mass is 297 g/mol. The summed E-state index contributed by atoms with van der Waals surface area (Å²) in [6, 6.07) is -0.285. The van der Waals surface area contributed by atoms with Crippen molar-refractivity contribution in [1.82, 2.24) is 15.5 Å². The van der Waals surface area contributed by atoms with Gasteiger partial charge in [-0.1, -0.05) is 0 Å². The van der Waals surface area contributed by atoms with Crippen LogP contribution in [0.2, 0.25) is 0 Å². The number of hydrogen-bond acceptors (Lipinski definition) is 5. The zero-order chi connectivity index (χ0) is 15.4. The third-order valence-corrected chi connectivity index (χ3v) is 3.45. The lowest BCUT2D eigenvalue weighted by Gasteiger charge is -2.36. The molecule has 0 saturated carbocycles. The Bertz CT molecular complexity index is 440. The van der Waals surface area contributed by atoms with Crippen LogP contribution < -0.4 is 10.6 Å². The molecular weight excluding hydrogens is 274 g/mol. The van der Waals surface area contributed by atoms with Crippen LogP contribution in [-0.2, 0) is 14.3 Å². The standard InChI is InChI=1S/C14H23N3O4/c1-4-20-13(18)11-5-15-14(19)16-12(11)8-17-6-9(2)21-10(3)7-17/h9-10H,4-8H2,1-3H3,(H2,15,16,19)/t9-,10-/m0/s1. The van der Waals surface area contributed by atoms with Gasteiger partial charge >= 0.3 is 12.0 Å². The zero-order valence-corrected chi connectivity index (χ0v) is 12.8. The van der Waals surface area contributed by atoms with Crippen LogP contribution in [0, 0.1) is 0 Å². The molecule has 0 aromatic rings. The van der Waals surface area contributed by atoms with E-state index in [1.54, 1.807) is 6.92 Å². The second kappa shape index (κ2) is 6.91. The van der Waals surface area contributed by atoms with E-state index >= 15 is 0 Å². The van der Waals surface area contributed by atoms with Gasteiger partial charge in [0.15, 0.2) is 0 Å². The number of urea groups is 1. The highest BCUT2D eigenvalue weighted by Gasteiger charge is 2.28. The third-order valence-electron chi connectivity index (χ3n) is 3.45. The molecule has 0 aliphatic carbocycles. The number of ether oxygens (including phenoxy) is 2. The summed E-state index contributed by atoms with van der Waals surface area (Å²) in [6.07, 6.45) is 0.274. The molecule has 2 N–H and O–H groups in total. The molecule has 2 atom stereocenters. The van der Waals surface area contributed by atoms with Crippen molar-refractivity contribution in [3.63, 3.8) is 0 Å². The number of nitrogens with zero attached hydrogens (tertiary/aromatic N) is 1. The van der Waals surface area contributed by atoms with Crippen LogP contribution in [0.15, 0.2) is 11.3 Å². The number of carbonyl (C=O) groups excluding carboxylic acids is 2. The van der Waals surface area contributed by atoms with Gasteiger partial charge in [-0.15, -0.1) is 0 Å². The smallest absolute Gasteiger partial charge is 0.337 e. The number of nitrogens with one attached hydrogen (secondary N) is 2. The molecular formula is C14H23N3O4. The number of esters is 1. The molecule has 2 heterocycles. The van der Waals surface area contributed by atoms with E-state index in [4.69, 9.17) is 9.47 Å². The third kappa shape index (κ3) is 4.18. The molecule has 1 fully saturated rings. The second-order valence-corrected chi connectivity index (χ2v) is 5.44. The number of hydrogen-bond donors (Lipinski definition) is 2. The van der Waals surface area contributed by atoms with Gasteiger partial charge in [-0.2, -0.15) is 0 Å². The van der Waals surface area contributed by atoms with E-state index in [0.717, 1.165) is 13.1 Å². The van der Waals surface area contributed by atoms with Crippen LogP contribution in [0.25, 0.3) is 0 Å². The summed E-state index contributed by atoms with van der Waals surface area (Å²) in [5.74, 6) is -0.380. The summed E-state index contributed by atoms with van der Waals surface area (Å²) in [6.45, 7) is 8.37. The lowest BCUT2D eigenvalue weighted by Crippen LogP contribution is -2.50. The molecule has 21 heavy (non-hydrogen) atoms. The molecule has 1 saturated heterocycles. The Hall–Kier alpha value is -1.60. The Balaban J connectivity index is 2.11. The van der Waals surface area contributed by atoms with E-state index in [0.29, 0.717) is 24.4 Å². The maximum absolute atomic E-state index is 12.0. The molecule has 0 unspecified atom stereocenters. The summed E-state index contributed by atoms with van der Waals surface area (Å²) < 4.78 is 10.7. The maximum atomic E-state index is 12.0. The van der Waals surface area contributed by atoms with Crippen molar-refractivity contribution in [2.24, 2.45) is 0 Å². The van der Waals surface area contributed by atoms with Gasteiger partial charge in [-0.05, 0) is 20.8 Å². The minimum Gasteiger partial charge on any atom is -0.463 e. The summed E-state index contributed by atoms with van der Waals surface area (Å²) in [7, 11) is 0. The van der Waals surface area contributed by atoms with Gasteiger partial charge in [0, 0.05) is 25.3 Å². The molecule has 7 nitrogen and oxygen atoms in total. The number of rotatable bonds is 4. The number of morpholine rings is 1. The molecule has 2 aliphatic heterocycles. The van der Waals surface area contributed by atoms with Crippen LogP contribution >= 0.6 is 0 Å². The highest BCUT2D eigenvalue weighted by atomic mass is 16.5. The van der Waals surface area contributed by atoms with Gasteiger partial charge in [-0.3, -0.25) is 4.90 Å². The quantitative estimate of drug-likeness (QED) is 0.726. The summed E-state index contributed by atoms with van der Waals surface area (Å²) in [4.78, 5) is 25.7. The molecule has 0 radical (unpaired) electrons. The van der Waals surface area contributed by atoms with Crippen molar-refractivity contribution in [3.05, 3.63) is 11.3 Å². The molecule has 0 spiro atoms. The van der Waals surface area contributed by atoms with Crippen molar-refractivity contribution in [2.45, 2.75) is 33.0 Å². The van der Waals surface area contributed by atoms with E-state index in [1.807, 2.05) is 13.8 Å². The van der Waals surface area contributed by atoms with Crippen molar-refractivity contribution in [3.8, 4) is 0 Å². The largest absolute Gasteiger partial charge is 0.463 e. The highest BCUT2D eigenvalue weighted by molar-refractivity contribution is 5.93. The Morgan fingerprint density at radius 2 is 2.05 bits per heavy atom. The van der Waals surface area contributed by atoms with E-state index in [9.17, 15) is 9.59 Å². The zero-order valence-electron chi connectivity index (χ0n) is 12.8. The van der Waals surface area contributed by atoms with Crippen LogP contribution in [0.5, 0.6) is 0 Å². The summed E-state index contributed by atoms with van der Waals surface area (Å²) >= 11 is 0. The highest BCUT2D eigenvalue weighted by Crippen LogP contribution is 2.15. The average Bonchev–Trinajstić information content (AvgIpc) is 2.37. The predicted molar refractivity (Wildman–Crippen MR) is 76.6 cm³/mol. The van der Waals surface area contributed by atoms with Crippen LogP contribution in [0.3, 0.4) is 0 Å². The fraction of sp³-hybridized carbons (Fsp3) is 0.714. The number of amides is 2. The van der Waals surface area contributed by atoms with Gasteiger partial charge in [0.05, 0.1) is 30.9 Å². The molecule has 7 heteroatoms. The molecule has 0 bridgehead atoms. The molecule has 0 aromatic heterocycles. The fourth-order valence-electron chi connectivity index (χ4n) is 2.72. The number of carbonyl (C=O) groups is 2. The molecule has 118 valence electrons. The van der Waals surface area contributed by atoms with Gasteiger partial charge in [0.25, 0.3) is 0 Å². The average molecular weight is 297 g/mol. The summed E-state index contributed by atoms with van der Waals surface area (Å²) in [5.41, 5.74) is 1.11. The molecule has 2 amide bonds. The van der Waals surface area contributed by atoms with Crippen molar-refractivity contribution < 1.29 is 19.1 Å². The van der Waals surface area contributed by atoms with E-state index in [1.165, 1.54) is 0 Å². The van der Waals surface area contributed by atoms with Crippen molar-refractivity contribution in [1.29, 1.82) is 0 Å². The lowest BCUT2D eigenvalue weighted by atomic mass is 10.1. The van der Waals surface area contributed by atoms with Crippen molar-refractivity contribution in [2.75, 3.05) is 32.8 Å². The van der Waals surface area contributed by atoms with Crippen LogP contribution in [0.4, 0.5) is 4.79 Å². The molecule has 0 aromatic carbocycles. The Kier molecular flexibility index (Phi) is 5.19. The first-order valence-corrected chi connectivity index (χ1v) is 7.31. The topological polar surface area (TPSA) is 79.9 Å². The SMILES string of the molecule is CCOC(=O)C1=C(CN2C[C@H](C)O[C@@H](C)C2)NC(=O)NC1. The van der Waals surface area contributed by atoms with Gasteiger partial charge in [0.1, 0.15) is 0 Å². The normalized spacial score (nSPS) is 27.1. The fourth-order valence-corrected chi connectivity index (χ4v) is 2.72. The van der Waals surface area contributed by atoms with Gasteiger partial charge < -0.3 is 20.1 Å². The van der Waals surface area contributed by atoms with E-state index in [2.05, 4.69) is 15.5 Å². The van der Waals surface area contributed by atoms with E-state index in [-0.39, 0.29) is 30.8 Å². The van der Waals surface area contributed by atoms with E-state index < -0.39 is 0 Å². The maximum Gasteiger partial charge on any atom is 0.337 e. The predicted octanol–water partition coefficient (Wildman–Crippen LogP) is 0.226. The summed E-state index contributed by atoms with van der Waals surface area (Å²) in [5, 5.41) is 5.33. The first-order valence-electron chi connectivity index (χ1n) is 7.31. The Morgan fingerprint density at radius 3 is 2.67 bits per heavy atom. The second-order valence-electron chi connectivity index (χ2n) is 5.44. The van der Waals surface area contributed by atoms with Gasteiger partial charge in [0.2, 0.25) is 0 Å². The minimum absolute atomic E-state index is 0.137. The Labute approximate surface area is 124 Å². The molecule has 2 rings (SSSR count). The first kappa shape index (κ1) is 15.8. The van der Waals surface area contributed by atoms with Crippen LogP contribution in [0.1, 0.15) is 20.8 Å². The molecule has 2 aliphatic rings. The minimum atomic E-state index is -0.380. The van der Waals surface area contributed by atoms with Crippen molar-refractivity contribution >= 4 is 12.0 Å². The lowest BCUT2D eigenvalue weighted by molar-refractivity contribution is -0.138. The first-order chi connectivity index (χ1) is 9.99. The van der Waals surface area contributed by atoms with Gasteiger partial charge in [-0.25, -0.2) is 9.59 Å².